The van der Waals surface area contributed by atoms with Gasteiger partial charge in [0.15, 0.2) is 0 Å². The quantitative estimate of drug-likeness (QED) is 0.752. The Morgan fingerprint density at radius 3 is 2.62 bits per heavy atom. The van der Waals surface area contributed by atoms with Crippen molar-refractivity contribution in [3.05, 3.63) is 0 Å². The van der Waals surface area contributed by atoms with E-state index in [1.807, 2.05) is 0 Å². The maximum absolute atomic E-state index is 12.3. The molecule has 0 N–H and O–H groups in total. The van der Waals surface area contributed by atoms with Gasteiger partial charge in [-0.1, -0.05) is 6.42 Å². The molecule has 2 atom stereocenters. The second kappa shape index (κ2) is 5.66. The summed E-state index contributed by atoms with van der Waals surface area (Å²) in [6, 6.07) is 0. The number of hydrogen-bond donors (Lipinski definition) is 0. The number of ketones is 1. The molecule has 0 spiro atoms. The first-order chi connectivity index (χ1) is 7.44. The number of ether oxygens (including phenoxy) is 1. The van der Waals surface area contributed by atoms with Gasteiger partial charge in [-0.15, -0.1) is 0 Å². The predicted octanol–water partition coefficient (Wildman–Crippen LogP) is 3.10. The molecule has 1 saturated carbocycles. The van der Waals surface area contributed by atoms with Crippen molar-refractivity contribution in [2.45, 2.75) is 51.3 Å². The molecule has 1 aliphatic carbocycles. The summed E-state index contributed by atoms with van der Waals surface area (Å²) in [5.74, 6) is -0.635. The molecule has 0 aromatic carbocycles. The van der Waals surface area contributed by atoms with Crippen molar-refractivity contribution in [3.63, 3.8) is 0 Å². The highest BCUT2D eigenvalue weighted by atomic mass is 19.4. The fourth-order valence-corrected chi connectivity index (χ4v) is 2.16. The first-order valence-electron chi connectivity index (χ1n) is 5.65. The van der Waals surface area contributed by atoms with Crippen LogP contribution in [0.4, 0.5) is 13.2 Å². The van der Waals surface area contributed by atoms with Crippen LogP contribution in [0.1, 0.15) is 39.0 Å². The third-order valence-electron chi connectivity index (χ3n) is 2.86. The Balaban J connectivity index is 2.63. The first-order valence-corrected chi connectivity index (χ1v) is 5.65. The van der Waals surface area contributed by atoms with E-state index in [1.165, 1.54) is 0 Å². The zero-order valence-corrected chi connectivity index (χ0v) is 9.35. The molecule has 2 unspecified atom stereocenters. The Labute approximate surface area is 93.2 Å². The van der Waals surface area contributed by atoms with Gasteiger partial charge < -0.3 is 4.74 Å². The van der Waals surface area contributed by atoms with Gasteiger partial charge in [0.2, 0.25) is 0 Å². The summed E-state index contributed by atoms with van der Waals surface area (Å²) in [5.41, 5.74) is 0. The molecule has 0 radical (unpaired) electrons. The molecular weight excluding hydrogens is 221 g/mol. The van der Waals surface area contributed by atoms with Crippen LogP contribution in [-0.4, -0.2) is 24.7 Å². The van der Waals surface area contributed by atoms with Crippen LogP contribution in [0.5, 0.6) is 0 Å². The van der Waals surface area contributed by atoms with Crippen molar-refractivity contribution in [2.24, 2.45) is 5.92 Å². The molecule has 2 nitrogen and oxygen atoms in total. The van der Waals surface area contributed by atoms with E-state index in [2.05, 4.69) is 0 Å². The van der Waals surface area contributed by atoms with E-state index in [-0.39, 0.29) is 12.4 Å². The van der Waals surface area contributed by atoms with Crippen LogP contribution < -0.4 is 0 Å². The Hall–Kier alpha value is -0.580. The van der Waals surface area contributed by atoms with Crippen molar-refractivity contribution in [3.8, 4) is 0 Å². The van der Waals surface area contributed by atoms with Crippen molar-refractivity contribution >= 4 is 5.78 Å². The highest BCUT2D eigenvalue weighted by molar-refractivity contribution is 5.82. The number of Topliss-reactive ketones (excluding diaryl/α,β-unsaturated/α-hetero) is 1. The third kappa shape index (κ3) is 4.12. The number of hydrogen-bond acceptors (Lipinski definition) is 2. The zero-order chi connectivity index (χ0) is 12.2. The van der Waals surface area contributed by atoms with E-state index < -0.39 is 24.6 Å². The number of halogens is 3. The molecule has 1 aliphatic rings. The lowest BCUT2D eigenvalue weighted by Gasteiger charge is -2.29. The lowest BCUT2D eigenvalue weighted by molar-refractivity contribution is -0.171. The number of carbonyl (C=O) groups is 1. The van der Waals surface area contributed by atoms with Gasteiger partial charge >= 0.3 is 6.18 Å². The minimum atomic E-state index is -4.27. The summed E-state index contributed by atoms with van der Waals surface area (Å²) >= 11 is 0. The summed E-state index contributed by atoms with van der Waals surface area (Å²) in [6.45, 7) is 1.86. The van der Waals surface area contributed by atoms with Gasteiger partial charge in [0.25, 0.3) is 0 Å². The van der Waals surface area contributed by atoms with Crippen LogP contribution in [0.2, 0.25) is 0 Å². The van der Waals surface area contributed by atoms with Crippen LogP contribution in [0.15, 0.2) is 0 Å². The highest BCUT2D eigenvalue weighted by Gasteiger charge is 2.39. The van der Waals surface area contributed by atoms with Crippen LogP contribution in [0, 0.1) is 5.92 Å². The topological polar surface area (TPSA) is 26.3 Å². The molecular formula is C11H17F3O2. The van der Waals surface area contributed by atoms with Crippen LogP contribution in [0.25, 0.3) is 0 Å². The van der Waals surface area contributed by atoms with Crippen molar-refractivity contribution in [1.82, 2.24) is 0 Å². The molecule has 0 heterocycles. The molecule has 1 rings (SSSR count). The van der Waals surface area contributed by atoms with E-state index in [4.69, 9.17) is 4.74 Å². The maximum atomic E-state index is 12.3. The highest BCUT2D eigenvalue weighted by Crippen LogP contribution is 2.32. The third-order valence-corrected chi connectivity index (χ3v) is 2.86. The Morgan fingerprint density at radius 1 is 1.44 bits per heavy atom. The molecule has 0 aromatic rings. The van der Waals surface area contributed by atoms with Gasteiger partial charge in [-0.2, -0.15) is 13.2 Å². The molecule has 94 valence electrons. The number of rotatable bonds is 4. The van der Waals surface area contributed by atoms with E-state index >= 15 is 0 Å². The average molecular weight is 238 g/mol. The lowest BCUT2D eigenvalue weighted by Crippen LogP contribution is -2.36. The molecule has 0 aliphatic heterocycles. The largest absolute Gasteiger partial charge is 0.391 e. The van der Waals surface area contributed by atoms with Gasteiger partial charge in [0, 0.05) is 18.9 Å². The Kier molecular flexibility index (Phi) is 4.77. The van der Waals surface area contributed by atoms with E-state index in [1.54, 1.807) is 6.92 Å². The molecule has 0 bridgehead atoms. The van der Waals surface area contributed by atoms with Gasteiger partial charge in [-0.05, 0) is 19.8 Å². The summed E-state index contributed by atoms with van der Waals surface area (Å²) in [6.07, 6.45) is -3.74. The zero-order valence-electron chi connectivity index (χ0n) is 9.35. The standard InChI is InChI=1S/C11H17F3O2/c1-2-16-10(7-11(12,13)14)8-5-3-4-6-9(8)15/h8,10H,2-7H2,1H3. The smallest absolute Gasteiger partial charge is 0.377 e. The van der Waals surface area contributed by atoms with Crippen LogP contribution in [0.3, 0.4) is 0 Å². The van der Waals surface area contributed by atoms with Crippen molar-refractivity contribution < 1.29 is 22.7 Å². The van der Waals surface area contributed by atoms with Gasteiger partial charge in [-0.3, -0.25) is 4.79 Å². The van der Waals surface area contributed by atoms with E-state index in [0.717, 1.165) is 12.8 Å². The number of carbonyl (C=O) groups excluding carboxylic acids is 1. The summed E-state index contributed by atoms with van der Waals surface area (Å²) in [4.78, 5) is 11.5. The summed E-state index contributed by atoms with van der Waals surface area (Å²) < 4.78 is 42.0. The fourth-order valence-electron chi connectivity index (χ4n) is 2.16. The predicted molar refractivity (Wildman–Crippen MR) is 53.1 cm³/mol. The molecule has 5 heteroatoms. The minimum Gasteiger partial charge on any atom is -0.377 e. The van der Waals surface area contributed by atoms with Crippen LogP contribution >= 0.6 is 0 Å². The van der Waals surface area contributed by atoms with Gasteiger partial charge in [-0.25, -0.2) is 0 Å². The summed E-state index contributed by atoms with van der Waals surface area (Å²) in [5, 5.41) is 0. The molecule has 0 aromatic heterocycles. The van der Waals surface area contributed by atoms with Gasteiger partial charge in [0.1, 0.15) is 5.78 Å². The minimum absolute atomic E-state index is 0.0750. The fraction of sp³-hybridized carbons (Fsp3) is 0.909. The molecule has 16 heavy (non-hydrogen) atoms. The first kappa shape index (κ1) is 13.5. The number of alkyl halides is 3. The average Bonchev–Trinajstić information content (AvgIpc) is 2.16. The monoisotopic (exact) mass is 238 g/mol. The second-order valence-electron chi connectivity index (χ2n) is 4.13. The normalized spacial score (nSPS) is 24.5. The van der Waals surface area contributed by atoms with Crippen LogP contribution in [-0.2, 0) is 9.53 Å². The van der Waals surface area contributed by atoms with Crippen molar-refractivity contribution in [2.75, 3.05) is 6.61 Å². The maximum Gasteiger partial charge on any atom is 0.391 e. The Morgan fingerprint density at radius 2 is 2.12 bits per heavy atom. The second-order valence-corrected chi connectivity index (χ2v) is 4.13. The van der Waals surface area contributed by atoms with E-state index in [0.29, 0.717) is 12.8 Å². The summed E-state index contributed by atoms with van der Waals surface area (Å²) in [7, 11) is 0. The van der Waals surface area contributed by atoms with Crippen molar-refractivity contribution in [1.29, 1.82) is 0 Å². The van der Waals surface area contributed by atoms with Gasteiger partial charge in [0.05, 0.1) is 12.5 Å². The van der Waals surface area contributed by atoms with E-state index in [9.17, 15) is 18.0 Å². The molecule has 0 amide bonds. The lowest BCUT2D eigenvalue weighted by atomic mass is 9.83. The molecule has 1 fully saturated rings. The Bertz CT molecular complexity index is 238. The SMILES string of the molecule is CCOC(CC(F)(F)F)C1CCCCC1=O. The molecule has 0 saturated heterocycles.